The van der Waals surface area contributed by atoms with E-state index < -0.39 is 5.97 Å². The number of aromatic hydroxyl groups is 2. The van der Waals surface area contributed by atoms with E-state index >= 15 is 0 Å². The lowest BCUT2D eigenvalue weighted by molar-refractivity contribution is 0.0694. The number of phenolic OH excluding ortho intramolecular Hbond substituents is 2. The maximum Gasteiger partial charge on any atom is 0.339 e. The monoisotopic (exact) mass is 426 g/mol. The Kier molecular flexibility index (Phi) is 6.08. The first kappa shape index (κ1) is 21.0. The van der Waals surface area contributed by atoms with E-state index in [4.69, 9.17) is 4.74 Å². The van der Waals surface area contributed by atoms with Gasteiger partial charge in [-0.2, -0.15) is 0 Å². The van der Waals surface area contributed by atoms with Crippen LogP contribution < -0.4 is 4.74 Å². The number of carbonyl (C=O) groups is 1. The Morgan fingerprint density at radius 3 is 1.81 bits per heavy atom. The molecule has 0 bridgehead atoms. The number of carboxylic acid groups (broad SMARTS) is 1. The molecule has 0 aliphatic rings. The molecular weight excluding hydrogens is 404 g/mol. The van der Waals surface area contributed by atoms with Gasteiger partial charge in [-0.15, -0.1) is 0 Å². The third kappa shape index (κ3) is 4.57. The molecule has 5 nitrogen and oxygen atoms in total. The predicted octanol–water partition coefficient (Wildman–Crippen LogP) is 5.77. The Morgan fingerprint density at radius 2 is 1.22 bits per heavy atom. The van der Waals surface area contributed by atoms with Crippen LogP contribution in [-0.4, -0.2) is 21.3 Å². The van der Waals surface area contributed by atoms with Gasteiger partial charge in [-0.1, -0.05) is 60.7 Å². The average molecular weight is 426 g/mol. The second kappa shape index (κ2) is 9.27. The minimum absolute atomic E-state index is 0.0281. The highest BCUT2D eigenvalue weighted by Crippen LogP contribution is 2.36. The van der Waals surface area contributed by atoms with Crippen molar-refractivity contribution in [1.29, 1.82) is 0 Å². The fourth-order valence-corrected chi connectivity index (χ4v) is 3.64. The smallest absolute Gasteiger partial charge is 0.339 e. The molecule has 32 heavy (non-hydrogen) atoms. The van der Waals surface area contributed by atoms with E-state index in [2.05, 4.69) is 0 Å². The minimum Gasteiger partial charge on any atom is -0.508 e. The van der Waals surface area contributed by atoms with Crippen molar-refractivity contribution in [3.63, 3.8) is 0 Å². The summed E-state index contributed by atoms with van der Waals surface area (Å²) < 4.78 is 6.10. The van der Waals surface area contributed by atoms with E-state index in [1.165, 1.54) is 6.07 Å². The lowest BCUT2D eigenvalue weighted by Gasteiger charge is -2.19. The Balaban J connectivity index is 1.88. The summed E-state index contributed by atoms with van der Waals surface area (Å²) in [4.78, 5) is 12.0. The molecule has 0 unspecified atom stereocenters. The number of hydrogen-bond acceptors (Lipinski definition) is 4. The molecule has 4 aromatic rings. The topological polar surface area (TPSA) is 87.0 Å². The Hall–Kier alpha value is -4.25. The molecule has 0 atom stereocenters. The summed E-state index contributed by atoms with van der Waals surface area (Å²) in [7, 11) is 0. The molecule has 0 saturated carbocycles. The Bertz CT molecular complexity index is 1250. The molecule has 4 aromatic carbocycles. The van der Waals surface area contributed by atoms with Gasteiger partial charge in [-0.25, -0.2) is 4.79 Å². The van der Waals surface area contributed by atoms with Crippen molar-refractivity contribution in [3.8, 4) is 23.0 Å². The number of benzene rings is 4. The van der Waals surface area contributed by atoms with E-state index in [1.54, 1.807) is 48.5 Å². The van der Waals surface area contributed by atoms with Gasteiger partial charge in [0.2, 0.25) is 0 Å². The Morgan fingerprint density at radius 1 is 0.656 bits per heavy atom. The van der Waals surface area contributed by atoms with E-state index in [9.17, 15) is 20.1 Å². The number of ether oxygens (including phenoxy) is 1. The summed E-state index contributed by atoms with van der Waals surface area (Å²) >= 11 is 0. The summed E-state index contributed by atoms with van der Waals surface area (Å²) in [5.74, 6) is -0.0991. The maximum atomic E-state index is 12.0. The molecule has 0 aliphatic heterocycles. The number of hydrogen-bond donors (Lipinski definition) is 3. The largest absolute Gasteiger partial charge is 0.508 e. The van der Waals surface area contributed by atoms with Gasteiger partial charge < -0.3 is 20.1 Å². The van der Waals surface area contributed by atoms with Gasteiger partial charge in [0.25, 0.3) is 0 Å². The van der Waals surface area contributed by atoms with Crippen LogP contribution in [0.25, 0.3) is 0 Å². The first-order valence-electron chi connectivity index (χ1n) is 10.2. The number of rotatable bonds is 7. The minimum atomic E-state index is -1.11. The average Bonchev–Trinajstić information content (AvgIpc) is 2.79. The van der Waals surface area contributed by atoms with Crippen molar-refractivity contribution >= 4 is 5.97 Å². The number of aromatic carboxylic acids is 1. The number of phenols is 2. The molecular formula is C27H22O5. The number of carboxylic acids is 1. The molecule has 0 amide bonds. The second-order valence-electron chi connectivity index (χ2n) is 7.41. The highest BCUT2D eigenvalue weighted by molar-refractivity contribution is 5.92. The molecule has 0 radical (unpaired) electrons. The van der Waals surface area contributed by atoms with Crippen LogP contribution in [0.15, 0.2) is 91.0 Å². The fourth-order valence-electron chi connectivity index (χ4n) is 3.64. The number of para-hydroxylation sites is 3. The molecule has 0 heterocycles. The fraction of sp³-hybridized carbons (Fsp3) is 0.0741. The molecule has 0 saturated heterocycles. The molecule has 160 valence electrons. The molecule has 3 N–H and O–H groups in total. The zero-order chi connectivity index (χ0) is 22.5. The van der Waals surface area contributed by atoms with Crippen LogP contribution in [0.5, 0.6) is 23.0 Å². The van der Waals surface area contributed by atoms with Gasteiger partial charge in [0, 0.05) is 18.4 Å². The van der Waals surface area contributed by atoms with E-state index in [-0.39, 0.29) is 29.2 Å². The second-order valence-corrected chi connectivity index (χ2v) is 7.41. The van der Waals surface area contributed by atoms with Crippen LogP contribution in [0.1, 0.15) is 32.6 Å². The van der Waals surface area contributed by atoms with Gasteiger partial charge >= 0.3 is 5.97 Å². The zero-order valence-electron chi connectivity index (χ0n) is 17.2. The van der Waals surface area contributed by atoms with Gasteiger partial charge in [0.1, 0.15) is 28.6 Å². The molecule has 4 rings (SSSR count). The third-order valence-corrected chi connectivity index (χ3v) is 5.28. The predicted molar refractivity (Wildman–Crippen MR) is 122 cm³/mol. The van der Waals surface area contributed by atoms with Crippen LogP contribution in [0.2, 0.25) is 0 Å². The standard InChI is InChI=1S/C27H22O5/c28-24-12-6-4-8-19(24)16-18-14-15-22(27(30)31)26(32-21-10-2-1-3-11-21)23(18)17-20-9-5-7-13-25(20)29/h1-15,28-29H,16-17H2,(H,30,31). The van der Waals surface area contributed by atoms with Gasteiger partial charge in [-0.3, -0.25) is 0 Å². The first-order valence-corrected chi connectivity index (χ1v) is 10.2. The normalized spacial score (nSPS) is 10.6. The Labute approximate surface area is 185 Å². The maximum absolute atomic E-state index is 12.0. The van der Waals surface area contributed by atoms with E-state index in [0.717, 1.165) is 5.56 Å². The molecule has 0 aromatic heterocycles. The quantitative estimate of drug-likeness (QED) is 0.349. The van der Waals surface area contributed by atoms with Crippen LogP contribution >= 0.6 is 0 Å². The van der Waals surface area contributed by atoms with Crippen molar-refractivity contribution in [2.24, 2.45) is 0 Å². The van der Waals surface area contributed by atoms with Crippen molar-refractivity contribution in [1.82, 2.24) is 0 Å². The molecule has 0 aliphatic carbocycles. The third-order valence-electron chi connectivity index (χ3n) is 5.28. The lowest BCUT2D eigenvalue weighted by atomic mass is 9.91. The molecule has 0 fully saturated rings. The van der Waals surface area contributed by atoms with Crippen LogP contribution in [-0.2, 0) is 12.8 Å². The van der Waals surface area contributed by atoms with Crippen LogP contribution in [0.3, 0.4) is 0 Å². The highest BCUT2D eigenvalue weighted by Gasteiger charge is 2.22. The summed E-state index contributed by atoms with van der Waals surface area (Å²) in [6.45, 7) is 0. The van der Waals surface area contributed by atoms with Crippen molar-refractivity contribution in [2.45, 2.75) is 12.8 Å². The van der Waals surface area contributed by atoms with Gasteiger partial charge in [0.05, 0.1) is 0 Å². The summed E-state index contributed by atoms with van der Waals surface area (Å²) in [5, 5.41) is 30.5. The van der Waals surface area contributed by atoms with Crippen molar-refractivity contribution < 1.29 is 24.9 Å². The summed E-state index contributed by atoms with van der Waals surface area (Å²) in [6, 6.07) is 26.2. The van der Waals surface area contributed by atoms with Crippen molar-refractivity contribution in [3.05, 3.63) is 119 Å². The molecule has 5 heteroatoms. The van der Waals surface area contributed by atoms with Crippen LogP contribution in [0.4, 0.5) is 0 Å². The van der Waals surface area contributed by atoms with Crippen LogP contribution in [0, 0.1) is 0 Å². The zero-order valence-corrected chi connectivity index (χ0v) is 17.2. The highest BCUT2D eigenvalue weighted by atomic mass is 16.5. The van der Waals surface area contributed by atoms with Gasteiger partial charge in [-0.05, 0) is 47.0 Å². The summed E-state index contributed by atoms with van der Waals surface area (Å²) in [5.41, 5.74) is 2.82. The first-order chi connectivity index (χ1) is 15.5. The summed E-state index contributed by atoms with van der Waals surface area (Å²) in [6.07, 6.45) is 0.638. The molecule has 0 spiro atoms. The lowest BCUT2D eigenvalue weighted by Crippen LogP contribution is -2.07. The van der Waals surface area contributed by atoms with E-state index in [0.29, 0.717) is 28.9 Å². The SMILES string of the molecule is O=C(O)c1ccc(Cc2ccccc2O)c(Cc2ccccc2O)c1Oc1ccccc1. The van der Waals surface area contributed by atoms with E-state index in [1.807, 2.05) is 36.4 Å². The van der Waals surface area contributed by atoms with Gasteiger partial charge in [0.15, 0.2) is 0 Å². The van der Waals surface area contributed by atoms with Crippen molar-refractivity contribution in [2.75, 3.05) is 0 Å².